The van der Waals surface area contributed by atoms with Gasteiger partial charge in [0.25, 0.3) is 5.56 Å². The predicted octanol–water partition coefficient (Wildman–Crippen LogP) is 2.14. The molecule has 0 amide bonds. The fourth-order valence-electron chi connectivity index (χ4n) is 3.38. The Balaban J connectivity index is 1.84. The lowest BCUT2D eigenvalue weighted by Gasteiger charge is -2.12. The maximum absolute atomic E-state index is 13.0. The van der Waals surface area contributed by atoms with Crippen LogP contribution in [0.1, 0.15) is 42.2 Å². The second-order valence-corrected chi connectivity index (χ2v) is 8.22. The van der Waals surface area contributed by atoms with Gasteiger partial charge in [-0.2, -0.15) is 18.3 Å². The summed E-state index contributed by atoms with van der Waals surface area (Å²) in [6, 6.07) is -0.204. The summed E-state index contributed by atoms with van der Waals surface area (Å²) in [5, 5.41) is 4.22. The largest absolute Gasteiger partial charge is 0.389 e. The predicted molar refractivity (Wildman–Crippen MR) is 101 cm³/mol. The highest BCUT2D eigenvalue weighted by molar-refractivity contribution is 7.18. The summed E-state index contributed by atoms with van der Waals surface area (Å²) >= 11 is 1.14. The van der Waals surface area contributed by atoms with E-state index in [1.54, 1.807) is 6.92 Å². The Morgan fingerprint density at radius 2 is 2.00 bits per heavy atom. The van der Waals surface area contributed by atoms with E-state index in [4.69, 9.17) is 0 Å². The van der Waals surface area contributed by atoms with Crippen molar-refractivity contribution in [1.82, 2.24) is 23.9 Å². The molecule has 3 aromatic rings. The van der Waals surface area contributed by atoms with E-state index in [1.165, 1.54) is 20.1 Å². The van der Waals surface area contributed by atoms with Crippen molar-refractivity contribution < 1.29 is 13.2 Å². The molecule has 1 N–H and O–H groups in total. The monoisotopic (exact) mass is 429 g/mol. The molecule has 0 aromatic carbocycles. The standard InChI is InChI=1S/C17H18F3N5O3S/c1-9-11(7-24-15(27)21-8-22-24)29-14-12(9)13(26)25(10-3-4-10)16(28)23(14)6-2-5-17(18,19)20/h8,10H,2-7H2,1H3,(H,21,22,27). The third-order valence-electron chi connectivity index (χ3n) is 5.01. The van der Waals surface area contributed by atoms with Gasteiger partial charge in [0.05, 0.1) is 11.9 Å². The Morgan fingerprint density at radius 3 is 2.59 bits per heavy atom. The van der Waals surface area contributed by atoms with Crippen molar-refractivity contribution in [3.05, 3.63) is 48.1 Å². The first kappa shape index (κ1) is 19.7. The molecule has 0 radical (unpaired) electrons. The molecular weight excluding hydrogens is 411 g/mol. The van der Waals surface area contributed by atoms with Crippen molar-refractivity contribution in [2.24, 2.45) is 0 Å². The maximum Gasteiger partial charge on any atom is 0.389 e. The number of rotatable bonds is 6. The first-order chi connectivity index (χ1) is 13.7. The lowest BCUT2D eigenvalue weighted by atomic mass is 10.2. The average molecular weight is 429 g/mol. The molecule has 1 aliphatic rings. The van der Waals surface area contributed by atoms with Gasteiger partial charge in [-0.1, -0.05) is 0 Å². The van der Waals surface area contributed by atoms with Gasteiger partial charge >= 0.3 is 17.6 Å². The number of halogens is 3. The summed E-state index contributed by atoms with van der Waals surface area (Å²) in [6.07, 6.45) is -2.94. The molecule has 12 heteroatoms. The first-order valence-corrected chi connectivity index (χ1v) is 9.93. The molecule has 3 aromatic heterocycles. The molecule has 1 fully saturated rings. The molecule has 0 spiro atoms. The number of aryl methyl sites for hydroxylation is 2. The van der Waals surface area contributed by atoms with Crippen molar-refractivity contribution >= 4 is 21.6 Å². The number of nitrogens with one attached hydrogen (secondary N) is 1. The van der Waals surface area contributed by atoms with Gasteiger partial charge in [0.1, 0.15) is 11.2 Å². The second-order valence-electron chi connectivity index (χ2n) is 7.14. The number of hydrogen-bond acceptors (Lipinski definition) is 5. The van der Waals surface area contributed by atoms with Crippen LogP contribution < -0.4 is 16.9 Å². The molecule has 0 saturated heterocycles. The molecular formula is C17H18F3N5O3S. The molecule has 4 rings (SSSR count). The van der Waals surface area contributed by atoms with Crippen LogP contribution in [-0.4, -0.2) is 30.1 Å². The highest BCUT2D eigenvalue weighted by atomic mass is 32.1. The average Bonchev–Trinajstić information content (AvgIpc) is 3.30. The smallest absolute Gasteiger partial charge is 0.295 e. The van der Waals surface area contributed by atoms with Crippen LogP contribution >= 0.6 is 11.3 Å². The Bertz CT molecular complexity index is 1240. The van der Waals surface area contributed by atoms with Gasteiger partial charge in [0.2, 0.25) is 0 Å². The molecule has 0 aliphatic heterocycles. The summed E-state index contributed by atoms with van der Waals surface area (Å²) in [5.41, 5.74) is -0.797. The van der Waals surface area contributed by atoms with Crippen molar-refractivity contribution in [3.8, 4) is 0 Å². The summed E-state index contributed by atoms with van der Waals surface area (Å²) in [7, 11) is 0. The summed E-state index contributed by atoms with van der Waals surface area (Å²) < 4.78 is 41.4. The van der Waals surface area contributed by atoms with Crippen LogP contribution in [0.4, 0.5) is 13.2 Å². The van der Waals surface area contributed by atoms with Gasteiger partial charge in [0.15, 0.2) is 0 Å². The summed E-state index contributed by atoms with van der Waals surface area (Å²) in [4.78, 5) is 41.1. The van der Waals surface area contributed by atoms with E-state index >= 15 is 0 Å². The molecule has 156 valence electrons. The summed E-state index contributed by atoms with van der Waals surface area (Å²) in [5.74, 6) is 0. The third-order valence-corrected chi connectivity index (χ3v) is 6.31. The quantitative estimate of drug-likeness (QED) is 0.650. The van der Waals surface area contributed by atoms with E-state index in [1.807, 2.05) is 0 Å². The third kappa shape index (κ3) is 3.68. The minimum Gasteiger partial charge on any atom is -0.295 e. The van der Waals surface area contributed by atoms with Gasteiger partial charge in [-0.25, -0.2) is 14.3 Å². The van der Waals surface area contributed by atoms with E-state index in [0.717, 1.165) is 11.3 Å². The maximum atomic E-state index is 13.0. The van der Waals surface area contributed by atoms with Crippen LogP contribution in [0.25, 0.3) is 10.2 Å². The first-order valence-electron chi connectivity index (χ1n) is 9.12. The minimum absolute atomic E-state index is 0.104. The van der Waals surface area contributed by atoms with Crippen LogP contribution in [0.2, 0.25) is 0 Å². The van der Waals surface area contributed by atoms with Crippen LogP contribution in [0, 0.1) is 6.92 Å². The van der Waals surface area contributed by atoms with Gasteiger partial charge in [0, 0.05) is 23.9 Å². The highest BCUT2D eigenvalue weighted by Crippen LogP contribution is 2.34. The van der Waals surface area contributed by atoms with E-state index in [2.05, 4.69) is 10.1 Å². The number of H-pyrrole nitrogens is 1. The lowest BCUT2D eigenvalue weighted by Crippen LogP contribution is -2.39. The van der Waals surface area contributed by atoms with Gasteiger partial charge in [-0.3, -0.25) is 18.9 Å². The van der Waals surface area contributed by atoms with E-state index < -0.39 is 29.5 Å². The van der Waals surface area contributed by atoms with E-state index in [-0.39, 0.29) is 25.6 Å². The normalized spacial score (nSPS) is 14.8. The SMILES string of the molecule is Cc1c(Cn2nc[nH]c2=O)sc2c1c(=O)n(C1CC1)c(=O)n2CCCC(F)(F)F. The zero-order valence-electron chi connectivity index (χ0n) is 15.5. The number of fused-ring (bicyclic) bond motifs is 1. The molecule has 3 heterocycles. The summed E-state index contributed by atoms with van der Waals surface area (Å²) in [6.45, 7) is 1.69. The molecule has 29 heavy (non-hydrogen) atoms. The van der Waals surface area contributed by atoms with E-state index in [9.17, 15) is 27.6 Å². The Labute approximate surface area is 165 Å². The molecule has 0 atom stereocenters. The molecule has 1 aliphatic carbocycles. The number of aromatic amines is 1. The van der Waals surface area contributed by atoms with Crippen LogP contribution in [-0.2, 0) is 13.1 Å². The lowest BCUT2D eigenvalue weighted by molar-refractivity contribution is -0.135. The Hall–Kier alpha value is -2.63. The minimum atomic E-state index is -4.31. The zero-order valence-corrected chi connectivity index (χ0v) is 16.3. The molecule has 8 nitrogen and oxygen atoms in total. The second kappa shape index (κ2) is 7.01. The molecule has 0 bridgehead atoms. The molecule has 1 saturated carbocycles. The highest BCUT2D eigenvalue weighted by Gasteiger charge is 2.31. The Morgan fingerprint density at radius 1 is 1.28 bits per heavy atom. The zero-order chi connectivity index (χ0) is 20.9. The van der Waals surface area contributed by atoms with E-state index in [0.29, 0.717) is 33.5 Å². The fourth-order valence-corrected chi connectivity index (χ4v) is 4.68. The van der Waals surface area contributed by atoms with Crippen molar-refractivity contribution in [2.75, 3.05) is 0 Å². The van der Waals surface area contributed by atoms with Gasteiger partial charge in [-0.15, -0.1) is 11.3 Å². The van der Waals surface area contributed by atoms with Gasteiger partial charge in [-0.05, 0) is 31.7 Å². The number of nitrogens with zero attached hydrogens (tertiary/aromatic N) is 4. The number of hydrogen-bond donors (Lipinski definition) is 1. The van der Waals surface area contributed by atoms with Crippen LogP contribution in [0.15, 0.2) is 20.7 Å². The molecule has 0 unspecified atom stereocenters. The number of aromatic nitrogens is 5. The van der Waals surface area contributed by atoms with Crippen molar-refractivity contribution in [3.63, 3.8) is 0 Å². The Kier molecular flexibility index (Phi) is 4.75. The van der Waals surface area contributed by atoms with Crippen LogP contribution in [0.5, 0.6) is 0 Å². The topological polar surface area (TPSA) is 94.7 Å². The van der Waals surface area contributed by atoms with Crippen LogP contribution in [0.3, 0.4) is 0 Å². The number of thiophene rings is 1. The van der Waals surface area contributed by atoms with Gasteiger partial charge < -0.3 is 0 Å². The number of alkyl halides is 3. The van der Waals surface area contributed by atoms with Crippen molar-refractivity contribution in [1.29, 1.82) is 0 Å². The fraction of sp³-hybridized carbons (Fsp3) is 0.529. The van der Waals surface area contributed by atoms with Crippen molar-refractivity contribution in [2.45, 2.75) is 57.9 Å².